The lowest BCUT2D eigenvalue weighted by Gasteiger charge is -2.26. The first-order chi connectivity index (χ1) is 8.45. The summed E-state index contributed by atoms with van der Waals surface area (Å²) in [7, 11) is 0. The van der Waals surface area contributed by atoms with Gasteiger partial charge in [-0.15, -0.1) is 0 Å². The molecule has 1 aliphatic rings. The molecule has 18 heavy (non-hydrogen) atoms. The number of carboxylic acids is 1. The van der Waals surface area contributed by atoms with Gasteiger partial charge in [0.15, 0.2) is 0 Å². The zero-order chi connectivity index (χ0) is 13.3. The summed E-state index contributed by atoms with van der Waals surface area (Å²) in [4.78, 5) is 27.4. The van der Waals surface area contributed by atoms with Gasteiger partial charge in [-0.2, -0.15) is 0 Å². The molecular weight excluding hydrogens is 232 g/mol. The van der Waals surface area contributed by atoms with Gasteiger partial charge >= 0.3 is 5.97 Å². The number of carboxylic acid groups (broad SMARTS) is 1. The summed E-state index contributed by atoms with van der Waals surface area (Å²) in [5, 5.41) is 11.9. The van der Waals surface area contributed by atoms with Crippen molar-refractivity contribution in [1.82, 2.24) is 10.3 Å². The number of amides is 1. The fraction of sp³-hybridized carbons (Fsp3) is 0.462. The first-order valence-electron chi connectivity index (χ1n) is 5.92. The lowest BCUT2D eigenvalue weighted by Crippen LogP contribution is -2.54. The van der Waals surface area contributed by atoms with Gasteiger partial charge in [0.05, 0.1) is 0 Å². The number of nitrogens with one attached hydrogen (secondary N) is 1. The van der Waals surface area contributed by atoms with Gasteiger partial charge in [-0.25, -0.2) is 4.79 Å². The number of aromatic nitrogens is 1. The summed E-state index contributed by atoms with van der Waals surface area (Å²) in [6, 6.07) is 3.51. The third-order valence-corrected chi connectivity index (χ3v) is 3.44. The van der Waals surface area contributed by atoms with E-state index in [2.05, 4.69) is 10.3 Å². The maximum atomic E-state index is 12.1. The zero-order valence-electron chi connectivity index (χ0n) is 10.4. The Bertz CT molecular complexity index is 497. The Hall–Kier alpha value is -1.91. The van der Waals surface area contributed by atoms with Crippen molar-refractivity contribution in [1.29, 1.82) is 0 Å². The molecule has 0 bridgehead atoms. The van der Waals surface area contributed by atoms with Crippen LogP contribution in [0.4, 0.5) is 0 Å². The van der Waals surface area contributed by atoms with Gasteiger partial charge in [-0.3, -0.25) is 9.78 Å². The quantitative estimate of drug-likeness (QED) is 0.843. The maximum absolute atomic E-state index is 12.1. The summed E-state index contributed by atoms with van der Waals surface area (Å²) in [5.41, 5.74) is -0.176. The predicted molar refractivity (Wildman–Crippen MR) is 65.2 cm³/mol. The fourth-order valence-electron chi connectivity index (χ4n) is 2.01. The number of aryl methyl sites for hydroxylation is 1. The van der Waals surface area contributed by atoms with Crippen LogP contribution in [-0.2, 0) is 4.79 Å². The predicted octanol–water partition coefficient (Wildman–Crippen LogP) is 1.37. The molecule has 1 amide bonds. The molecule has 0 aliphatic heterocycles. The van der Waals surface area contributed by atoms with E-state index in [1.165, 1.54) is 6.20 Å². The first-order valence-corrected chi connectivity index (χ1v) is 5.92. The van der Waals surface area contributed by atoms with Gasteiger partial charge < -0.3 is 10.4 Å². The zero-order valence-corrected chi connectivity index (χ0v) is 10.4. The Kier molecular flexibility index (Phi) is 3.07. The van der Waals surface area contributed by atoms with Gasteiger partial charge in [-0.05, 0) is 44.2 Å². The minimum Gasteiger partial charge on any atom is -0.480 e. The molecule has 1 aromatic rings. The van der Waals surface area contributed by atoms with Gasteiger partial charge in [0.25, 0.3) is 5.91 Å². The highest BCUT2D eigenvalue weighted by Gasteiger charge is 2.48. The minimum absolute atomic E-state index is 0.0166. The highest BCUT2D eigenvalue weighted by molar-refractivity contribution is 5.97. The van der Waals surface area contributed by atoms with E-state index in [0.717, 1.165) is 18.4 Å². The average Bonchev–Trinajstić information content (AvgIpc) is 3.13. The van der Waals surface area contributed by atoms with E-state index < -0.39 is 17.4 Å². The molecule has 1 fully saturated rings. The second-order valence-electron chi connectivity index (χ2n) is 4.90. The standard InChI is InChI=1S/C13H16N2O3/c1-8-4-3-7-14-10(8)11(16)15-13(2,12(17)18)9-5-6-9/h3-4,7,9H,5-6H2,1-2H3,(H,15,16)(H,17,18). The molecule has 1 atom stereocenters. The number of hydrogen-bond acceptors (Lipinski definition) is 3. The van der Waals surface area contributed by atoms with Gasteiger partial charge in [0.1, 0.15) is 11.2 Å². The molecule has 0 aromatic carbocycles. The highest BCUT2D eigenvalue weighted by Crippen LogP contribution is 2.39. The topological polar surface area (TPSA) is 79.3 Å². The summed E-state index contributed by atoms with van der Waals surface area (Å²) in [6.07, 6.45) is 3.20. The summed E-state index contributed by atoms with van der Waals surface area (Å²) < 4.78 is 0. The minimum atomic E-state index is -1.19. The van der Waals surface area contributed by atoms with E-state index in [1.807, 2.05) is 0 Å². The number of pyridine rings is 1. The molecule has 0 radical (unpaired) electrons. The molecule has 5 nitrogen and oxygen atoms in total. The molecule has 1 heterocycles. The molecule has 2 rings (SSSR count). The van der Waals surface area contributed by atoms with Crippen LogP contribution in [0.1, 0.15) is 35.8 Å². The van der Waals surface area contributed by atoms with Crippen LogP contribution in [0.25, 0.3) is 0 Å². The van der Waals surface area contributed by atoms with Crippen LogP contribution in [0.3, 0.4) is 0 Å². The van der Waals surface area contributed by atoms with Crippen LogP contribution in [-0.4, -0.2) is 27.5 Å². The molecule has 1 saturated carbocycles. The Morgan fingerprint density at radius 3 is 2.67 bits per heavy atom. The highest BCUT2D eigenvalue weighted by atomic mass is 16.4. The molecule has 1 aromatic heterocycles. The molecule has 0 saturated heterocycles. The third kappa shape index (κ3) is 2.20. The SMILES string of the molecule is Cc1cccnc1C(=O)NC(C)(C(=O)O)C1CC1. The normalized spacial score (nSPS) is 17.9. The Labute approximate surface area is 105 Å². The first kappa shape index (κ1) is 12.5. The van der Waals surface area contributed by atoms with Crippen LogP contribution in [0.15, 0.2) is 18.3 Å². The van der Waals surface area contributed by atoms with Gasteiger partial charge in [-0.1, -0.05) is 6.07 Å². The van der Waals surface area contributed by atoms with Crippen molar-refractivity contribution in [3.8, 4) is 0 Å². The molecule has 1 aliphatic carbocycles. The second kappa shape index (κ2) is 4.40. The number of carbonyl (C=O) groups is 2. The monoisotopic (exact) mass is 248 g/mol. The smallest absolute Gasteiger partial charge is 0.329 e. The lowest BCUT2D eigenvalue weighted by molar-refractivity contribution is -0.144. The van der Waals surface area contributed by atoms with Crippen molar-refractivity contribution < 1.29 is 14.7 Å². The third-order valence-electron chi connectivity index (χ3n) is 3.44. The van der Waals surface area contributed by atoms with Crippen molar-refractivity contribution >= 4 is 11.9 Å². The number of hydrogen-bond donors (Lipinski definition) is 2. The second-order valence-corrected chi connectivity index (χ2v) is 4.90. The summed E-state index contributed by atoms with van der Waals surface area (Å²) in [6.45, 7) is 3.33. The summed E-state index contributed by atoms with van der Waals surface area (Å²) in [5.74, 6) is -1.40. The van der Waals surface area contributed by atoms with Crippen molar-refractivity contribution in [2.45, 2.75) is 32.2 Å². The van der Waals surface area contributed by atoms with Crippen LogP contribution in [0.2, 0.25) is 0 Å². The van der Waals surface area contributed by atoms with E-state index in [1.54, 1.807) is 26.0 Å². The van der Waals surface area contributed by atoms with E-state index in [9.17, 15) is 14.7 Å². The Balaban J connectivity index is 2.20. The summed E-state index contributed by atoms with van der Waals surface area (Å²) >= 11 is 0. The van der Waals surface area contributed by atoms with Gasteiger partial charge in [0, 0.05) is 6.20 Å². The molecule has 0 spiro atoms. The van der Waals surface area contributed by atoms with Crippen LogP contribution in [0, 0.1) is 12.8 Å². The Morgan fingerprint density at radius 1 is 1.50 bits per heavy atom. The van der Waals surface area contributed by atoms with Crippen LogP contribution in [0.5, 0.6) is 0 Å². The fourth-order valence-corrected chi connectivity index (χ4v) is 2.01. The van der Waals surface area contributed by atoms with Crippen molar-refractivity contribution in [2.75, 3.05) is 0 Å². The van der Waals surface area contributed by atoms with Crippen LogP contribution < -0.4 is 5.32 Å². The van der Waals surface area contributed by atoms with E-state index in [0.29, 0.717) is 0 Å². The molecular formula is C13H16N2O3. The number of carbonyl (C=O) groups excluding carboxylic acids is 1. The number of nitrogens with zero attached hydrogens (tertiary/aromatic N) is 1. The van der Waals surface area contributed by atoms with E-state index in [4.69, 9.17) is 0 Å². The number of rotatable bonds is 4. The van der Waals surface area contributed by atoms with E-state index in [-0.39, 0.29) is 11.6 Å². The lowest BCUT2D eigenvalue weighted by atomic mass is 9.95. The Morgan fingerprint density at radius 2 is 2.17 bits per heavy atom. The molecule has 2 N–H and O–H groups in total. The van der Waals surface area contributed by atoms with Gasteiger partial charge in [0.2, 0.25) is 0 Å². The van der Waals surface area contributed by atoms with Crippen molar-refractivity contribution in [3.63, 3.8) is 0 Å². The molecule has 96 valence electrons. The van der Waals surface area contributed by atoms with Crippen LogP contribution >= 0.6 is 0 Å². The maximum Gasteiger partial charge on any atom is 0.329 e. The van der Waals surface area contributed by atoms with Crippen molar-refractivity contribution in [3.05, 3.63) is 29.6 Å². The largest absolute Gasteiger partial charge is 0.480 e. The molecule has 1 unspecified atom stereocenters. The average molecular weight is 248 g/mol. The number of aliphatic carboxylic acids is 1. The molecule has 5 heteroatoms. The van der Waals surface area contributed by atoms with Crippen molar-refractivity contribution in [2.24, 2.45) is 5.92 Å². The van der Waals surface area contributed by atoms with E-state index >= 15 is 0 Å².